The van der Waals surface area contributed by atoms with Crippen molar-refractivity contribution in [1.29, 1.82) is 0 Å². The van der Waals surface area contributed by atoms with Crippen LogP contribution in [0.25, 0.3) is 0 Å². The number of hydrogen-bond donors (Lipinski definition) is 1. The van der Waals surface area contributed by atoms with Crippen molar-refractivity contribution >= 4 is 17.7 Å². The van der Waals surface area contributed by atoms with Gasteiger partial charge in [0, 0.05) is 7.05 Å². The summed E-state index contributed by atoms with van der Waals surface area (Å²) in [4.78, 5) is 4.20. The van der Waals surface area contributed by atoms with Crippen LogP contribution in [0.1, 0.15) is 23.9 Å². The lowest BCUT2D eigenvalue weighted by molar-refractivity contribution is 0.723. The van der Waals surface area contributed by atoms with Gasteiger partial charge in [0.25, 0.3) is 0 Å². The number of hydrogen-bond acceptors (Lipinski definition) is 4. The third-order valence-electron chi connectivity index (χ3n) is 2.03. The van der Waals surface area contributed by atoms with Gasteiger partial charge in [0.15, 0.2) is 5.82 Å². The van der Waals surface area contributed by atoms with Crippen molar-refractivity contribution in [2.75, 3.05) is 11.5 Å². The van der Waals surface area contributed by atoms with E-state index < -0.39 is 0 Å². The van der Waals surface area contributed by atoms with Gasteiger partial charge < -0.3 is 5.73 Å². The standard InChI is InChI=1S/C7H12N4S/c1-11-7(8)9-6(10-11)5-3-2-4-12-5/h5H,2-4H2,1H3,(H2,8,9,10). The zero-order valence-corrected chi connectivity index (χ0v) is 7.84. The third kappa shape index (κ3) is 1.29. The van der Waals surface area contributed by atoms with Crippen molar-refractivity contribution in [3.8, 4) is 0 Å². The Morgan fingerprint density at radius 3 is 3.00 bits per heavy atom. The van der Waals surface area contributed by atoms with Crippen molar-refractivity contribution < 1.29 is 0 Å². The molecule has 0 bridgehead atoms. The minimum atomic E-state index is 0.480. The van der Waals surface area contributed by atoms with Crippen LogP contribution in [0.3, 0.4) is 0 Å². The summed E-state index contributed by atoms with van der Waals surface area (Å²) in [6.45, 7) is 0. The maximum absolute atomic E-state index is 5.59. The molecule has 4 nitrogen and oxygen atoms in total. The van der Waals surface area contributed by atoms with Gasteiger partial charge in [-0.3, -0.25) is 0 Å². The van der Waals surface area contributed by atoms with Gasteiger partial charge in [-0.15, -0.1) is 0 Å². The molecule has 1 fully saturated rings. The molecule has 2 heterocycles. The second kappa shape index (κ2) is 2.97. The Morgan fingerprint density at radius 2 is 2.50 bits per heavy atom. The first kappa shape index (κ1) is 7.91. The monoisotopic (exact) mass is 184 g/mol. The average molecular weight is 184 g/mol. The minimum absolute atomic E-state index is 0.480. The van der Waals surface area contributed by atoms with Crippen LogP contribution in [-0.2, 0) is 7.05 Å². The summed E-state index contributed by atoms with van der Waals surface area (Å²) in [6, 6.07) is 0. The van der Waals surface area contributed by atoms with Crippen molar-refractivity contribution in [2.24, 2.45) is 7.05 Å². The number of anilines is 1. The quantitative estimate of drug-likeness (QED) is 0.706. The molecule has 0 aliphatic carbocycles. The fourth-order valence-corrected chi connectivity index (χ4v) is 2.53. The van der Waals surface area contributed by atoms with Crippen LogP contribution in [0.4, 0.5) is 5.95 Å². The first-order valence-electron chi connectivity index (χ1n) is 4.05. The largest absolute Gasteiger partial charge is 0.368 e. The maximum Gasteiger partial charge on any atom is 0.218 e. The summed E-state index contributed by atoms with van der Waals surface area (Å²) >= 11 is 1.92. The van der Waals surface area contributed by atoms with Gasteiger partial charge in [0.05, 0.1) is 5.25 Å². The number of rotatable bonds is 1. The van der Waals surface area contributed by atoms with E-state index in [2.05, 4.69) is 10.1 Å². The lowest BCUT2D eigenvalue weighted by Crippen LogP contribution is -1.97. The molecule has 66 valence electrons. The van der Waals surface area contributed by atoms with E-state index in [1.807, 2.05) is 18.8 Å². The van der Waals surface area contributed by atoms with Crippen molar-refractivity contribution in [3.63, 3.8) is 0 Å². The lowest BCUT2D eigenvalue weighted by Gasteiger charge is -1.99. The average Bonchev–Trinajstić information content (AvgIpc) is 2.61. The molecule has 0 spiro atoms. The van der Waals surface area contributed by atoms with E-state index in [1.54, 1.807) is 4.68 Å². The molecule has 0 radical (unpaired) electrons. The molecule has 0 aromatic carbocycles. The molecule has 1 aliphatic heterocycles. The van der Waals surface area contributed by atoms with E-state index in [1.165, 1.54) is 18.6 Å². The number of aromatic nitrogens is 3. The van der Waals surface area contributed by atoms with Gasteiger partial charge >= 0.3 is 0 Å². The highest BCUT2D eigenvalue weighted by Gasteiger charge is 2.21. The SMILES string of the molecule is Cn1nc(C2CCCS2)nc1N. The molecule has 0 saturated carbocycles. The molecule has 1 aliphatic rings. The van der Waals surface area contributed by atoms with E-state index in [4.69, 9.17) is 5.73 Å². The third-order valence-corrected chi connectivity index (χ3v) is 3.40. The number of nitrogens with zero attached hydrogens (tertiary/aromatic N) is 3. The van der Waals surface area contributed by atoms with E-state index in [0.29, 0.717) is 11.2 Å². The first-order valence-corrected chi connectivity index (χ1v) is 5.10. The summed E-state index contributed by atoms with van der Waals surface area (Å²) in [7, 11) is 1.82. The van der Waals surface area contributed by atoms with E-state index in [-0.39, 0.29) is 0 Å². The summed E-state index contributed by atoms with van der Waals surface area (Å²) in [5.41, 5.74) is 5.59. The Labute approximate surface area is 75.5 Å². The molecule has 0 amide bonds. The smallest absolute Gasteiger partial charge is 0.218 e. The summed E-state index contributed by atoms with van der Waals surface area (Å²) in [6.07, 6.45) is 2.46. The van der Waals surface area contributed by atoms with Crippen LogP contribution < -0.4 is 5.73 Å². The summed E-state index contributed by atoms with van der Waals surface area (Å²) in [5, 5.41) is 4.73. The molecule has 1 atom stereocenters. The van der Waals surface area contributed by atoms with Crippen molar-refractivity contribution in [2.45, 2.75) is 18.1 Å². The van der Waals surface area contributed by atoms with Crippen LogP contribution >= 0.6 is 11.8 Å². The molecule has 1 unspecified atom stereocenters. The fraction of sp³-hybridized carbons (Fsp3) is 0.714. The van der Waals surface area contributed by atoms with Crippen LogP contribution in [0.5, 0.6) is 0 Å². The molecule has 2 rings (SSSR count). The Balaban J connectivity index is 2.21. The van der Waals surface area contributed by atoms with Crippen LogP contribution in [-0.4, -0.2) is 20.5 Å². The Kier molecular flexibility index (Phi) is 1.96. The predicted octanol–water partition coefficient (Wildman–Crippen LogP) is 0.965. The van der Waals surface area contributed by atoms with Crippen LogP contribution in [0.15, 0.2) is 0 Å². The van der Waals surface area contributed by atoms with Gasteiger partial charge in [-0.1, -0.05) is 0 Å². The van der Waals surface area contributed by atoms with Gasteiger partial charge in [-0.2, -0.15) is 21.8 Å². The number of nitrogens with two attached hydrogens (primary N) is 1. The number of nitrogen functional groups attached to an aromatic ring is 1. The normalized spacial score (nSPS) is 23.2. The zero-order chi connectivity index (χ0) is 8.55. The molecular weight excluding hydrogens is 172 g/mol. The van der Waals surface area contributed by atoms with Gasteiger partial charge in [-0.05, 0) is 18.6 Å². The second-order valence-corrected chi connectivity index (χ2v) is 4.26. The number of aryl methyl sites for hydroxylation is 1. The highest BCUT2D eigenvalue weighted by atomic mass is 32.2. The minimum Gasteiger partial charge on any atom is -0.368 e. The highest BCUT2D eigenvalue weighted by Crippen LogP contribution is 2.38. The maximum atomic E-state index is 5.59. The second-order valence-electron chi connectivity index (χ2n) is 2.95. The Bertz CT molecular complexity index is 257. The highest BCUT2D eigenvalue weighted by molar-refractivity contribution is 7.99. The number of thioether (sulfide) groups is 1. The molecule has 2 N–H and O–H groups in total. The van der Waals surface area contributed by atoms with E-state index >= 15 is 0 Å². The molecule has 5 heteroatoms. The molecular formula is C7H12N4S. The zero-order valence-electron chi connectivity index (χ0n) is 7.03. The fourth-order valence-electron chi connectivity index (χ4n) is 1.33. The molecule has 12 heavy (non-hydrogen) atoms. The van der Waals surface area contributed by atoms with Crippen molar-refractivity contribution in [3.05, 3.63) is 5.82 Å². The summed E-state index contributed by atoms with van der Waals surface area (Å²) in [5.74, 6) is 2.64. The van der Waals surface area contributed by atoms with E-state index in [9.17, 15) is 0 Å². The lowest BCUT2D eigenvalue weighted by atomic mass is 10.2. The van der Waals surface area contributed by atoms with Gasteiger partial charge in [-0.25, -0.2) is 4.68 Å². The van der Waals surface area contributed by atoms with Crippen molar-refractivity contribution in [1.82, 2.24) is 14.8 Å². The molecule has 1 aromatic rings. The summed E-state index contributed by atoms with van der Waals surface area (Å²) < 4.78 is 1.63. The topological polar surface area (TPSA) is 56.7 Å². The predicted molar refractivity (Wildman–Crippen MR) is 49.8 cm³/mol. The van der Waals surface area contributed by atoms with Gasteiger partial charge in [0.1, 0.15) is 0 Å². The Morgan fingerprint density at radius 1 is 1.67 bits per heavy atom. The van der Waals surface area contributed by atoms with Gasteiger partial charge in [0.2, 0.25) is 5.95 Å². The van der Waals surface area contributed by atoms with Crippen LogP contribution in [0.2, 0.25) is 0 Å². The van der Waals surface area contributed by atoms with E-state index in [0.717, 1.165) is 5.82 Å². The first-order chi connectivity index (χ1) is 5.77. The van der Waals surface area contributed by atoms with Crippen LogP contribution in [0, 0.1) is 0 Å². The molecule has 1 saturated heterocycles. The molecule has 1 aromatic heterocycles. The Hall–Kier alpha value is -0.710.